The number of anilines is 1. The lowest BCUT2D eigenvalue weighted by Crippen LogP contribution is -2.11. The van der Waals surface area contributed by atoms with Crippen LogP contribution in [0.5, 0.6) is 0 Å². The maximum Gasteiger partial charge on any atom is 0.434 e. The summed E-state index contributed by atoms with van der Waals surface area (Å²) in [5.41, 5.74) is 4.48. The second-order valence-electron chi connectivity index (χ2n) is 6.76. The third-order valence-electron chi connectivity index (χ3n) is 4.51. The van der Waals surface area contributed by atoms with Crippen LogP contribution in [0.3, 0.4) is 0 Å². The van der Waals surface area contributed by atoms with Gasteiger partial charge in [-0.15, -0.1) is 0 Å². The zero-order valence-electron chi connectivity index (χ0n) is 15.8. The number of nitrogen functional groups attached to an aromatic ring is 1. The van der Waals surface area contributed by atoms with Gasteiger partial charge in [0.1, 0.15) is 16.5 Å². The van der Waals surface area contributed by atoms with Gasteiger partial charge in [0.25, 0.3) is 0 Å². The predicted molar refractivity (Wildman–Crippen MR) is 109 cm³/mol. The molecule has 4 aromatic rings. The molecule has 0 fully saturated rings. The molecule has 166 valence electrons. The van der Waals surface area contributed by atoms with Crippen molar-refractivity contribution in [3.8, 4) is 11.4 Å². The van der Waals surface area contributed by atoms with Crippen LogP contribution in [-0.4, -0.2) is 28.6 Å². The van der Waals surface area contributed by atoms with Gasteiger partial charge in [-0.25, -0.2) is 22.8 Å². The fourth-order valence-electron chi connectivity index (χ4n) is 3.04. The number of alkyl halides is 3. The largest absolute Gasteiger partial charge is 0.434 e. The van der Waals surface area contributed by atoms with E-state index in [4.69, 9.17) is 17.3 Å². The molecule has 0 bridgehead atoms. The van der Waals surface area contributed by atoms with E-state index >= 15 is 0 Å². The van der Waals surface area contributed by atoms with Crippen LogP contribution in [0, 0.1) is 5.82 Å². The average molecular weight is 486 g/mol. The Morgan fingerprint density at radius 1 is 1.06 bits per heavy atom. The summed E-state index contributed by atoms with van der Waals surface area (Å²) in [6.45, 7) is 0. The van der Waals surface area contributed by atoms with Crippen LogP contribution in [0.25, 0.3) is 22.4 Å². The molecule has 2 heterocycles. The number of halogens is 5. The van der Waals surface area contributed by atoms with E-state index in [-0.39, 0.29) is 33.4 Å². The van der Waals surface area contributed by atoms with E-state index in [1.54, 1.807) is 0 Å². The quantitative estimate of drug-likeness (QED) is 0.414. The smallest absolute Gasteiger partial charge is 0.383 e. The van der Waals surface area contributed by atoms with Crippen LogP contribution < -0.4 is 5.73 Å². The highest BCUT2D eigenvalue weighted by atomic mass is 35.5. The highest BCUT2D eigenvalue weighted by molar-refractivity contribution is 7.90. The van der Waals surface area contributed by atoms with Crippen LogP contribution in [0.2, 0.25) is 5.02 Å². The molecule has 4 rings (SSSR count). The Labute approximate surface area is 183 Å². The summed E-state index contributed by atoms with van der Waals surface area (Å²) in [6.07, 6.45) is -4.80. The summed E-state index contributed by atoms with van der Waals surface area (Å²) in [5.74, 6) is -2.07. The van der Waals surface area contributed by atoms with Crippen LogP contribution in [0.1, 0.15) is 11.3 Å². The second-order valence-corrected chi connectivity index (χ2v) is 9.15. The van der Waals surface area contributed by atoms with E-state index in [0.29, 0.717) is 0 Å². The molecule has 0 saturated heterocycles. The van der Waals surface area contributed by atoms with Gasteiger partial charge in [-0.3, -0.25) is 5.10 Å². The van der Waals surface area contributed by atoms with E-state index < -0.39 is 43.6 Å². The van der Waals surface area contributed by atoms with Crippen molar-refractivity contribution < 1.29 is 26.0 Å². The lowest BCUT2D eigenvalue weighted by atomic mass is 10.1. The summed E-state index contributed by atoms with van der Waals surface area (Å²) in [4.78, 5) is 7.04. The number of aromatic nitrogens is 4. The first-order chi connectivity index (χ1) is 15.0. The molecular weight excluding hydrogens is 474 g/mol. The second kappa shape index (κ2) is 7.71. The third-order valence-corrected chi connectivity index (χ3v) is 6.44. The Morgan fingerprint density at radius 2 is 1.75 bits per heavy atom. The fraction of sp³-hybridized carbons (Fsp3) is 0.105. The molecule has 0 atom stereocenters. The van der Waals surface area contributed by atoms with Crippen LogP contribution in [0.4, 0.5) is 23.4 Å². The monoisotopic (exact) mass is 485 g/mol. The van der Waals surface area contributed by atoms with Crippen molar-refractivity contribution in [1.29, 1.82) is 0 Å². The minimum atomic E-state index is -4.80. The van der Waals surface area contributed by atoms with Crippen molar-refractivity contribution in [2.75, 3.05) is 5.73 Å². The summed E-state index contributed by atoms with van der Waals surface area (Å²) in [6, 6.07) is 8.64. The number of fused-ring (bicyclic) bond motifs is 1. The lowest BCUT2D eigenvalue weighted by Gasteiger charge is -2.10. The van der Waals surface area contributed by atoms with Crippen molar-refractivity contribution >= 4 is 38.3 Å². The van der Waals surface area contributed by atoms with Gasteiger partial charge in [0.05, 0.1) is 11.1 Å². The summed E-state index contributed by atoms with van der Waals surface area (Å²) in [7, 11) is -4.06. The van der Waals surface area contributed by atoms with Gasteiger partial charge >= 0.3 is 6.18 Å². The Hall–Kier alpha value is -3.25. The van der Waals surface area contributed by atoms with Crippen LogP contribution >= 0.6 is 11.6 Å². The minimum Gasteiger partial charge on any atom is -0.383 e. The van der Waals surface area contributed by atoms with Gasteiger partial charge in [0, 0.05) is 10.6 Å². The first-order valence-electron chi connectivity index (χ1n) is 8.81. The first-order valence-corrected chi connectivity index (χ1v) is 10.8. The third kappa shape index (κ3) is 4.10. The normalized spacial score (nSPS) is 12.4. The predicted octanol–water partition coefficient (Wildman–Crippen LogP) is 4.39. The SMILES string of the molecule is Nc1[nH]nc2nc(-c3ccc(CS(=O)(=O)c4cc(Cl)ccc4F)cc3)nc(C(F)(F)F)c12. The Balaban J connectivity index is 1.69. The zero-order chi connectivity index (χ0) is 23.3. The number of aromatic amines is 1. The van der Waals surface area contributed by atoms with E-state index in [1.165, 1.54) is 30.3 Å². The number of hydrogen-bond acceptors (Lipinski definition) is 6. The molecule has 32 heavy (non-hydrogen) atoms. The molecular formula is C19H12ClF4N5O2S. The lowest BCUT2D eigenvalue weighted by molar-refractivity contribution is -0.139. The molecule has 2 aromatic carbocycles. The van der Waals surface area contributed by atoms with Gasteiger partial charge < -0.3 is 5.73 Å². The number of nitrogens with one attached hydrogen (secondary N) is 1. The molecule has 13 heteroatoms. The zero-order valence-corrected chi connectivity index (χ0v) is 17.4. The van der Waals surface area contributed by atoms with Crippen molar-refractivity contribution in [2.24, 2.45) is 0 Å². The van der Waals surface area contributed by atoms with Crippen molar-refractivity contribution in [3.05, 3.63) is 64.6 Å². The van der Waals surface area contributed by atoms with Gasteiger partial charge in [-0.1, -0.05) is 35.9 Å². The Bertz CT molecular complexity index is 1440. The molecule has 0 amide bonds. The number of hydrogen-bond donors (Lipinski definition) is 2. The highest BCUT2D eigenvalue weighted by Gasteiger charge is 2.37. The number of nitrogens with zero attached hydrogens (tertiary/aromatic N) is 3. The molecule has 0 saturated carbocycles. The van der Waals surface area contributed by atoms with Gasteiger partial charge in [-0.05, 0) is 23.8 Å². The molecule has 0 aliphatic carbocycles. The number of rotatable bonds is 4. The molecule has 3 N–H and O–H groups in total. The first kappa shape index (κ1) is 22.0. The van der Waals surface area contributed by atoms with E-state index in [0.717, 1.165) is 12.1 Å². The maximum absolute atomic E-state index is 14.0. The fourth-order valence-corrected chi connectivity index (χ4v) is 4.74. The maximum atomic E-state index is 14.0. The molecule has 0 unspecified atom stereocenters. The topological polar surface area (TPSA) is 115 Å². The molecule has 0 spiro atoms. The van der Waals surface area contributed by atoms with Crippen molar-refractivity contribution in [2.45, 2.75) is 16.8 Å². The summed E-state index contributed by atoms with van der Waals surface area (Å²) >= 11 is 5.76. The molecule has 0 radical (unpaired) electrons. The molecule has 0 aliphatic rings. The van der Waals surface area contributed by atoms with Gasteiger partial charge in [0.2, 0.25) is 0 Å². The van der Waals surface area contributed by atoms with Crippen molar-refractivity contribution in [3.63, 3.8) is 0 Å². The van der Waals surface area contributed by atoms with Gasteiger partial charge in [-0.2, -0.15) is 18.3 Å². The van der Waals surface area contributed by atoms with E-state index in [2.05, 4.69) is 20.2 Å². The standard InChI is InChI=1S/C19H12ClF4N5O2S/c20-11-5-6-12(21)13(7-11)32(30,31)8-9-1-3-10(4-2-9)17-26-15(19(22,23)24)14-16(25)28-29-18(14)27-17/h1-7H,8H2,(H3,25,26,27,28,29). The summed E-state index contributed by atoms with van der Waals surface area (Å²) < 4.78 is 79.4. The van der Waals surface area contributed by atoms with Crippen molar-refractivity contribution in [1.82, 2.24) is 20.2 Å². The molecule has 7 nitrogen and oxygen atoms in total. The average Bonchev–Trinajstić information content (AvgIpc) is 3.09. The minimum absolute atomic E-state index is 0.0623. The number of benzene rings is 2. The Morgan fingerprint density at radius 3 is 2.41 bits per heavy atom. The number of nitrogens with two attached hydrogens (primary N) is 1. The van der Waals surface area contributed by atoms with E-state index in [1.807, 2.05) is 0 Å². The van der Waals surface area contributed by atoms with Crippen LogP contribution in [0.15, 0.2) is 47.4 Å². The van der Waals surface area contributed by atoms with Gasteiger partial charge in [0.15, 0.2) is 27.0 Å². The number of H-pyrrole nitrogens is 1. The van der Waals surface area contributed by atoms with E-state index in [9.17, 15) is 26.0 Å². The highest BCUT2D eigenvalue weighted by Crippen LogP contribution is 2.36. The van der Waals surface area contributed by atoms with Crippen LogP contribution in [-0.2, 0) is 21.8 Å². The molecule has 2 aromatic heterocycles. The number of sulfone groups is 1. The summed E-state index contributed by atoms with van der Waals surface area (Å²) in [5, 5.41) is 5.54. The Kier molecular flexibility index (Phi) is 5.29. The molecule has 0 aliphatic heterocycles.